The SMILES string of the molecule is Cc1nc(-c2ccc[nH]2)sc1C1(CN)CCC1. The average Bonchev–Trinajstić information content (AvgIpc) is 2.87. The van der Waals surface area contributed by atoms with Gasteiger partial charge in [0.05, 0.1) is 11.4 Å². The molecular weight excluding hydrogens is 230 g/mol. The van der Waals surface area contributed by atoms with Crippen LogP contribution in [-0.2, 0) is 5.41 Å². The van der Waals surface area contributed by atoms with Crippen LogP contribution in [0.5, 0.6) is 0 Å². The zero-order chi connectivity index (χ0) is 11.9. The highest BCUT2D eigenvalue weighted by atomic mass is 32.1. The van der Waals surface area contributed by atoms with Gasteiger partial charge < -0.3 is 10.7 Å². The number of nitrogens with zero attached hydrogens (tertiary/aromatic N) is 1. The van der Waals surface area contributed by atoms with E-state index in [0.29, 0.717) is 0 Å². The predicted molar refractivity (Wildman–Crippen MR) is 71.2 cm³/mol. The summed E-state index contributed by atoms with van der Waals surface area (Å²) < 4.78 is 0. The third-order valence-corrected chi connectivity index (χ3v) is 5.25. The van der Waals surface area contributed by atoms with Crippen molar-refractivity contribution in [2.24, 2.45) is 5.73 Å². The van der Waals surface area contributed by atoms with Crippen LogP contribution in [-0.4, -0.2) is 16.5 Å². The van der Waals surface area contributed by atoms with Gasteiger partial charge >= 0.3 is 0 Å². The van der Waals surface area contributed by atoms with E-state index in [1.807, 2.05) is 12.3 Å². The lowest BCUT2D eigenvalue weighted by molar-refractivity contribution is 0.257. The number of aromatic amines is 1. The molecule has 90 valence electrons. The summed E-state index contributed by atoms with van der Waals surface area (Å²) in [5.74, 6) is 0. The molecule has 1 fully saturated rings. The van der Waals surface area contributed by atoms with Crippen molar-refractivity contribution < 1.29 is 0 Å². The Morgan fingerprint density at radius 3 is 2.88 bits per heavy atom. The van der Waals surface area contributed by atoms with Crippen LogP contribution in [0, 0.1) is 6.92 Å². The van der Waals surface area contributed by atoms with Gasteiger partial charge in [-0.05, 0) is 31.9 Å². The van der Waals surface area contributed by atoms with E-state index in [9.17, 15) is 0 Å². The molecule has 0 aliphatic heterocycles. The Morgan fingerprint density at radius 1 is 1.53 bits per heavy atom. The number of rotatable bonds is 3. The third-order valence-electron chi connectivity index (χ3n) is 3.81. The summed E-state index contributed by atoms with van der Waals surface area (Å²) in [6.45, 7) is 2.86. The molecule has 1 aliphatic rings. The maximum Gasteiger partial charge on any atom is 0.140 e. The molecule has 0 radical (unpaired) electrons. The first-order valence-electron chi connectivity index (χ1n) is 6.07. The Hall–Kier alpha value is -1.13. The fourth-order valence-corrected chi connectivity index (χ4v) is 3.90. The first-order valence-corrected chi connectivity index (χ1v) is 6.88. The maximum absolute atomic E-state index is 5.97. The number of hydrogen-bond donors (Lipinski definition) is 2. The van der Waals surface area contributed by atoms with Crippen molar-refractivity contribution >= 4 is 11.3 Å². The minimum absolute atomic E-state index is 0.229. The van der Waals surface area contributed by atoms with Crippen molar-refractivity contribution in [3.8, 4) is 10.7 Å². The van der Waals surface area contributed by atoms with Crippen LogP contribution in [0.2, 0.25) is 0 Å². The van der Waals surface area contributed by atoms with Crippen LogP contribution in [0.15, 0.2) is 18.3 Å². The average molecular weight is 247 g/mol. The highest BCUT2D eigenvalue weighted by Gasteiger charge is 2.40. The lowest BCUT2D eigenvalue weighted by Crippen LogP contribution is -2.41. The molecule has 1 saturated carbocycles. The summed E-state index contributed by atoms with van der Waals surface area (Å²) in [6, 6.07) is 4.08. The van der Waals surface area contributed by atoms with Gasteiger partial charge in [0.1, 0.15) is 5.01 Å². The molecule has 0 aromatic carbocycles. The number of H-pyrrole nitrogens is 1. The first kappa shape index (κ1) is 11.0. The van der Waals surface area contributed by atoms with Gasteiger partial charge in [-0.15, -0.1) is 11.3 Å². The number of aromatic nitrogens is 2. The van der Waals surface area contributed by atoms with Crippen molar-refractivity contribution in [3.05, 3.63) is 28.9 Å². The van der Waals surface area contributed by atoms with Crippen molar-refractivity contribution in [1.29, 1.82) is 0 Å². The quantitative estimate of drug-likeness (QED) is 0.876. The molecule has 0 atom stereocenters. The molecular formula is C13H17N3S. The lowest BCUT2D eigenvalue weighted by atomic mass is 9.67. The Balaban J connectivity index is 2.02. The molecule has 0 unspecified atom stereocenters. The van der Waals surface area contributed by atoms with E-state index < -0.39 is 0 Å². The standard InChI is InChI=1S/C13H17N3S/c1-9-11(13(8-14)5-3-6-13)17-12(16-9)10-4-2-7-15-10/h2,4,7,15H,3,5-6,8,14H2,1H3. The van der Waals surface area contributed by atoms with Crippen molar-refractivity contribution in [3.63, 3.8) is 0 Å². The zero-order valence-corrected chi connectivity index (χ0v) is 10.8. The van der Waals surface area contributed by atoms with Gasteiger partial charge in [-0.25, -0.2) is 4.98 Å². The van der Waals surface area contributed by atoms with Crippen molar-refractivity contribution in [2.45, 2.75) is 31.6 Å². The van der Waals surface area contributed by atoms with Crippen LogP contribution in [0.25, 0.3) is 10.7 Å². The van der Waals surface area contributed by atoms with Gasteiger partial charge in [0.2, 0.25) is 0 Å². The molecule has 4 heteroatoms. The number of hydrogen-bond acceptors (Lipinski definition) is 3. The molecule has 2 aromatic heterocycles. The molecule has 0 saturated heterocycles. The number of thiazole rings is 1. The molecule has 3 rings (SSSR count). The smallest absolute Gasteiger partial charge is 0.140 e. The van der Waals surface area contributed by atoms with Crippen LogP contribution in [0.3, 0.4) is 0 Å². The molecule has 2 heterocycles. The Kier molecular flexibility index (Phi) is 2.56. The monoisotopic (exact) mass is 247 g/mol. The normalized spacial score (nSPS) is 18.0. The zero-order valence-electron chi connectivity index (χ0n) is 9.99. The van der Waals surface area contributed by atoms with Gasteiger partial charge in [-0.2, -0.15) is 0 Å². The van der Waals surface area contributed by atoms with Crippen LogP contribution >= 0.6 is 11.3 Å². The molecule has 17 heavy (non-hydrogen) atoms. The van der Waals surface area contributed by atoms with Gasteiger partial charge in [-0.1, -0.05) is 6.42 Å². The molecule has 0 bridgehead atoms. The van der Waals surface area contributed by atoms with Crippen LogP contribution in [0.1, 0.15) is 29.8 Å². The summed E-state index contributed by atoms with van der Waals surface area (Å²) in [5.41, 5.74) is 8.46. The number of aryl methyl sites for hydroxylation is 1. The van der Waals surface area contributed by atoms with Crippen molar-refractivity contribution in [2.75, 3.05) is 6.54 Å². The van der Waals surface area contributed by atoms with Gasteiger partial charge in [0.15, 0.2) is 0 Å². The third kappa shape index (κ3) is 1.63. The highest BCUT2D eigenvalue weighted by Crippen LogP contribution is 2.47. The van der Waals surface area contributed by atoms with E-state index in [1.54, 1.807) is 11.3 Å². The number of nitrogens with two attached hydrogens (primary N) is 1. The van der Waals surface area contributed by atoms with E-state index >= 15 is 0 Å². The topological polar surface area (TPSA) is 54.7 Å². The maximum atomic E-state index is 5.97. The minimum atomic E-state index is 0.229. The van der Waals surface area contributed by atoms with Crippen LogP contribution in [0.4, 0.5) is 0 Å². The van der Waals surface area contributed by atoms with E-state index in [-0.39, 0.29) is 5.41 Å². The van der Waals surface area contributed by atoms with E-state index in [2.05, 4.69) is 23.0 Å². The van der Waals surface area contributed by atoms with E-state index in [4.69, 9.17) is 5.73 Å². The molecule has 3 N–H and O–H groups in total. The Labute approximate surface area is 105 Å². The fourth-order valence-electron chi connectivity index (χ4n) is 2.59. The van der Waals surface area contributed by atoms with Crippen molar-refractivity contribution in [1.82, 2.24) is 9.97 Å². The van der Waals surface area contributed by atoms with Gasteiger partial charge in [0.25, 0.3) is 0 Å². The fraction of sp³-hybridized carbons (Fsp3) is 0.462. The second-order valence-electron chi connectivity index (χ2n) is 4.86. The summed E-state index contributed by atoms with van der Waals surface area (Å²) >= 11 is 1.80. The lowest BCUT2D eigenvalue weighted by Gasteiger charge is -2.40. The Bertz CT molecular complexity index is 503. The number of nitrogens with one attached hydrogen (secondary N) is 1. The predicted octanol–water partition coefficient (Wildman–Crippen LogP) is 2.83. The van der Waals surface area contributed by atoms with Gasteiger partial charge in [0, 0.05) is 23.0 Å². The van der Waals surface area contributed by atoms with Gasteiger partial charge in [-0.3, -0.25) is 0 Å². The summed E-state index contributed by atoms with van der Waals surface area (Å²) in [4.78, 5) is 9.30. The van der Waals surface area contributed by atoms with E-state index in [0.717, 1.165) is 22.9 Å². The second kappa shape index (κ2) is 3.96. The Morgan fingerprint density at radius 2 is 2.35 bits per heavy atom. The molecule has 0 amide bonds. The first-order chi connectivity index (χ1) is 8.25. The summed E-state index contributed by atoms with van der Waals surface area (Å²) in [7, 11) is 0. The van der Waals surface area contributed by atoms with E-state index in [1.165, 1.54) is 24.1 Å². The largest absolute Gasteiger partial charge is 0.359 e. The molecule has 1 aliphatic carbocycles. The summed E-state index contributed by atoms with van der Waals surface area (Å²) in [6.07, 6.45) is 5.67. The van der Waals surface area contributed by atoms with Crippen LogP contribution < -0.4 is 5.73 Å². The minimum Gasteiger partial charge on any atom is -0.359 e. The molecule has 2 aromatic rings. The molecule has 0 spiro atoms. The highest BCUT2D eigenvalue weighted by molar-refractivity contribution is 7.15. The second-order valence-corrected chi connectivity index (χ2v) is 5.85. The molecule has 3 nitrogen and oxygen atoms in total. The summed E-state index contributed by atoms with van der Waals surface area (Å²) in [5, 5.41) is 1.09.